The molecule has 4 aliphatic heterocycles. The Kier molecular flexibility index (Phi) is 18.0. The number of aliphatic hydroxyl groups excluding tert-OH is 3. The Balaban J connectivity index is 0.863. The van der Waals surface area contributed by atoms with Crippen molar-refractivity contribution >= 4 is 5.78 Å². The third-order valence-electron chi connectivity index (χ3n) is 19.0. The number of fused-ring (bicyclic) bond motifs is 5. The standard InChI is InChI=1S/C54H88O18/c1-14-26(2)50(58)69-40-22-36-35(54(59)20-18-34(27(3)55)53(40,54)9)16-15-32-21-33(17-19-52(32,36)8)68-41-24-38(61-11)46(29(5)65-41)70-43-25-39(62-12)47(30(6)66-43)72-51-45(57)49(63-13)48(31(7)67-51)71-42-23-37(60-10)44(56)28(4)64-42/h14-15,28-31,33-51,56-59H,16-25H2,1-13H3/b26-14+/t28?,29?,30?,31?,33?,34?,35?,36?,37?,38?,39?,40-,41?,42?,43?,44?,45?,46?,47?,48?,49?,50?,51?,52+,53+,54+/m1/s1. The van der Waals surface area contributed by atoms with E-state index in [0.29, 0.717) is 50.5 Å². The minimum atomic E-state index is -1.24. The molecule has 0 spiro atoms. The highest BCUT2D eigenvalue weighted by atomic mass is 16.8. The number of hydrogen-bond donors (Lipinski definition) is 4. The number of rotatable bonds is 16. The monoisotopic (exact) mass is 1020 g/mol. The van der Waals surface area contributed by atoms with Crippen molar-refractivity contribution in [1.82, 2.24) is 0 Å². The molecule has 8 rings (SSSR count). The van der Waals surface area contributed by atoms with Crippen LogP contribution in [-0.2, 0) is 66.4 Å². The second kappa shape index (κ2) is 22.8. The largest absolute Gasteiger partial charge is 0.389 e. The lowest BCUT2D eigenvalue weighted by Crippen LogP contribution is -2.67. The first-order chi connectivity index (χ1) is 34.1. The van der Waals surface area contributed by atoms with E-state index in [9.17, 15) is 25.2 Å². The van der Waals surface area contributed by atoms with Crippen LogP contribution in [0.15, 0.2) is 23.3 Å². The third kappa shape index (κ3) is 10.5. The summed E-state index contributed by atoms with van der Waals surface area (Å²) in [6.45, 7) is 17.1. The lowest BCUT2D eigenvalue weighted by atomic mass is 9.45. The van der Waals surface area contributed by atoms with Gasteiger partial charge in [0.15, 0.2) is 31.5 Å². The van der Waals surface area contributed by atoms with Gasteiger partial charge in [0.2, 0.25) is 0 Å². The molecule has 4 saturated heterocycles. The fourth-order valence-electron chi connectivity index (χ4n) is 14.6. The molecule has 0 aromatic carbocycles. The van der Waals surface area contributed by atoms with Crippen molar-refractivity contribution < 1.29 is 86.8 Å². The van der Waals surface area contributed by atoms with Gasteiger partial charge >= 0.3 is 0 Å². The molecule has 7 fully saturated rings. The Hall–Kier alpha value is -1.53. The van der Waals surface area contributed by atoms with Gasteiger partial charge in [-0.05, 0) is 116 Å². The number of aliphatic hydroxyl groups is 4. The number of hydrogen-bond acceptors (Lipinski definition) is 18. The Morgan fingerprint density at radius 3 is 1.86 bits per heavy atom. The van der Waals surface area contributed by atoms with Crippen LogP contribution in [-0.4, -0.2) is 183 Å². The van der Waals surface area contributed by atoms with Crippen LogP contribution in [0.2, 0.25) is 0 Å². The zero-order valence-corrected chi connectivity index (χ0v) is 45.0. The van der Waals surface area contributed by atoms with E-state index in [1.807, 2.05) is 47.6 Å². The molecule has 18 heteroatoms. The van der Waals surface area contributed by atoms with Gasteiger partial charge in [0.25, 0.3) is 0 Å². The summed E-state index contributed by atoms with van der Waals surface area (Å²) in [7, 11) is 6.31. The number of ketones is 1. The van der Waals surface area contributed by atoms with Gasteiger partial charge in [0.1, 0.15) is 42.4 Å². The molecule has 22 unspecified atom stereocenters. The summed E-state index contributed by atoms with van der Waals surface area (Å²) in [5.41, 5.74) is -0.136. The third-order valence-corrected chi connectivity index (χ3v) is 19.0. The van der Waals surface area contributed by atoms with Crippen molar-refractivity contribution in [2.45, 2.75) is 255 Å². The van der Waals surface area contributed by atoms with Crippen molar-refractivity contribution in [2.24, 2.45) is 28.6 Å². The molecule has 4 aliphatic carbocycles. The molecule has 0 aromatic heterocycles. The van der Waals surface area contributed by atoms with Gasteiger partial charge in [-0.2, -0.15) is 0 Å². The Labute approximate surface area is 426 Å². The number of methoxy groups -OCH3 is 4. The maximum absolute atomic E-state index is 13.2. The molecule has 8 aliphatic rings. The van der Waals surface area contributed by atoms with E-state index < -0.39 is 122 Å². The zero-order valence-electron chi connectivity index (χ0n) is 45.0. The van der Waals surface area contributed by atoms with Crippen LogP contribution >= 0.6 is 0 Å². The number of Topliss-reactive ketones (excluding diaryl/α,β-unsaturated/α-hetero) is 1. The summed E-state index contributed by atoms with van der Waals surface area (Å²) in [5.74, 6) is -0.226. The smallest absolute Gasteiger partial charge is 0.187 e. The van der Waals surface area contributed by atoms with E-state index in [-0.39, 0.29) is 41.2 Å². The summed E-state index contributed by atoms with van der Waals surface area (Å²) in [6.07, 6.45) is -2.68. The van der Waals surface area contributed by atoms with E-state index in [0.717, 1.165) is 19.3 Å². The van der Waals surface area contributed by atoms with E-state index in [2.05, 4.69) is 13.0 Å². The minimum absolute atomic E-state index is 0.0384. The number of carbonyl (C=O) groups is 1. The van der Waals surface area contributed by atoms with Crippen molar-refractivity contribution in [1.29, 1.82) is 0 Å². The normalized spacial score (nSPS) is 50.3. The van der Waals surface area contributed by atoms with Crippen LogP contribution in [0.25, 0.3) is 0 Å². The molecule has 3 saturated carbocycles. The molecule has 0 amide bonds. The van der Waals surface area contributed by atoms with Gasteiger partial charge in [0.05, 0.1) is 60.5 Å². The van der Waals surface area contributed by atoms with Crippen molar-refractivity contribution in [3.63, 3.8) is 0 Å². The van der Waals surface area contributed by atoms with Gasteiger partial charge in [-0.1, -0.05) is 31.6 Å². The van der Waals surface area contributed by atoms with E-state index >= 15 is 0 Å². The SMILES string of the molecule is C/C=C(\C)C(O)O[C@@H]1CC2C(CC=C3CC(OC4CC(OC)C(OC5CC(OC)C(OC6OC(C)C(OC7CC(OC)C(O)C(C)O7)C(OC)C6O)C(C)O5)C(C)O4)CC[C@@]32C)[C@@]2(O)CCC(C(C)=O)[C@@]12C. The molecule has 0 radical (unpaired) electrons. The summed E-state index contributed by atoms with van der Waals surface area (Å²) < 4.78 is 81.3. The fourth-order valence-corrected chi connectivity index (χ4v) is 14.6. The Bertz CT molecular complexity index is 1900. The first kappa shape index (κ1) is 56.7. The number of allylic oxidation sites excluding steroid dienone is 2. The average Bonchev–Trinajstić information content (AvgIpc) is 3.64. The fraction of sp³-hybridized carbons (Fsp3) is 0.907. The van der Waals surface area contributed by atoms with Crippen LogP contribution < -0.4 is 0 Å². The second-order valence-electron chi connectivity index (χ2n) is 22.8. The van der Waals surface area contributed by atoms with Gasteiger partial charge in [-0.15, -0.1) is 0 Å². The highest BCUT2D eigenvalue weighted by Crippen LogP contribution is 2.69. The predicted molar refractivity (Wildman–Crippen MR) is 259 cm³/mol. The molecule has 4 N–H and O–H groups in total. The van der Waals surface area contributed by atoms with Crippen LogP contribution in [0.4, 0.5) is 0 Å². The predicted octanol–water partition coefficient (Wildman–Crippen LogP) is 5.02. The van der Waals surface area contributed by atoms with Crippen molar-refractivity contribution in [3.8, 4) is 0 Å². The summed E-state index contributed by atoms with van der Waals surface area (Å²) >= 11 is 0. The van der Waals surface area contributed by atoms with Gasteiger partial charge < -0.3 is 82.0 Å². The Morgan fingerprint density at radius 1 is 0.694 bits per heavy atom. The zero-order chi connectivity index (χ0) is 52.2. The maximum atomic E-state index is 13.2. The van der Waals surface area contributed by atoms with Crippen molar-refractivity contribution in [3.05, 3.63) is 23.3 Å². The molecule has 0 bridgehead atoms. The quantitative estimate of drug-likeness (QED) is 0.118. The second-order valence-corrected chi connectivity index (χ2v) is 22.8. The molecule has 72 heavy (non-hydrogen) atoms. The van der Waals surface area contributed by atoms with E-state index in [1.54, 1.807) is 28.1 Å². The van der Waals surface area contributed by atoms with Crippen LogP contribution in [0, 0.1) is 28.6 Å². The highest BCUT2D eigenvalue weighted by Gasteiger charge is 2.71. The highest BCUT2D eigenvalue weighted by molar-refractivity contribution is 5.80. The molecule has 0 aromatic rings. The molecular weight excluding hydrogens is 937 g/mol. The minimum Gasteiger partial charge on any atom is -0.389 e. The summed E-state index contributed by atoms with van der Waals surface area (Å²) in [4.78, 5) is 13.2. The lowest BCUT2D eigenvalue weighted by molar-refractivity contribution is -0.365. The molecule has 18 nitrogen and oxygen atoms in total. The lowest BCUT2D eigenvalue weighted by Gasteiger charge is -2.63. The molecule has 4 heterocycles. The summed E-state index contributed by atoms with van der Waals surface area (Å²) in [5, 5.41) is 46.1. The maximum Gasteiger partial charge on any atom is 0.187 e. The van der Waals surface area contributed by atoms with Crippen LogP contribution in [0.5, 0.6) is 0 Å². The van der Waals surface area contributed by atoms with Gasteiger partial charge in [0, 0.05) is 59.0 Å². The van der Waals surface area contributed by atoms with Gasteiger partial charge in [-0.25, -0.2) is 0 Å². The molecular formula is C54H88O18. The molecule has 412 valence electrons. The number of carbonyl (C=O) groups excluding carboxylic acids is 1. The van der Waals surface area contributed by atoms with Crippen molar-refractivity contribution in [2.75, 3.05) is 28.4 Å². The van der Waals surface area contributed by atoms with Gasteiger partial charge in [-0.3, -0.25) is 4.79 Å². The number of ether oxygens (including phenoxy) is 13. The molecule has 26 atom stereocenters. The van der Waals surface area contributed by atoms with Crippen LogP contribution in [0.3, 0.4) is 0 Å². The topological polar surface area (TPSA) is 218 Å². The van der Waals surface area contributed by atoms with E-state index in [1.165, 1.54) is 19.8 Å². The van der Waals surface area contributed by atoms with E-state index in [4.69, 9.17) is 61.6 Å². The summed E-state index contributed by atoms with van der Waals surface area (Å²) in [6, 6.07) is 0. The Morgan fingerprint density at radius 2 is 1.26 bits per heavy atom. The average molecular weight is 1030 g/mol. The first-order valence-corrected chi connectivity index (χ1v) is 26.8. The first-order valence-electron chi connectivity index (χ1n) is 26.8. The van der Waals surface area contributed by atoms with Crippen LogP contribution in [0.1, 0.15) is 127 Å².